The van der Waals surface area contributed by atoms with E-state index in [0.717, 1.165) is 22.0 Å². The van der Waals surface area contributed by atoms with Crippen LogP contribution in [0.5, 0.6) is 0 Å². The van der Waals surface area contributed by atoms with Crippen molar-refractivity contribution in [3.05, 3.63) is 66.0 Å². The number of aryl methyl sites for hydroxylation is 1. The summed E-state index contributed by atoms with van der Waals surface area (Å²) in [5, 5.41) is 4.85. The number of nitrogens with zero attached hydrogens (tertiary/aromatic N) is 1. The molecule has 0 unspecified atom stereocenters. The molecule has 21 heavy (non-hydrogen) atoms. The molecule has 1 aromatic heterocycles. The Bertz CT molecular complexity index is 822. The molecule has 0 aliphatic rings. The molecular weight excluding hydrogens is 262 g/mol. The van der Waals surface area contributed by atoms with Gasteiger partial charge in [0.25, 0.3) is 5.91 Å². The van der Waals surface area contributed by atoms with Crippen LogP contribution in [0.15, 0.2) is 54.9 Å². The van der Waals surface area contributed by atoms with E-state index >= 15 is 0 Å². The summed E-state index contributed by atoms with van der Waals surface area (Å²) in [6.45, 7) is 1.93. The molecular formula is C17H15N3O. The lowest BCUT2D eigenvalue weighted by Crippen LogP contribution is -2.14. The zero-order valence-corrected chi connectivity index (χ0v) is 11.6. The van der Waals surface area contributed by atoms with Crippen LogP contribution < -0.4 is 11.1 Å². The molecule has 1 amide bonds. The number of aromatic nitrogens is 1. The molecule has 4 heteroatoms. The van der Waals surface area contributed by atoms with Crippen LogP contribution in [0.2, 0.25) is 0 Å². The average molecular weight is 277 g/mol. The summed E-state index contributed by atoms with van der Waals surface area (Å²) < 4.78 is 0. The number of rotatable bonds is 2. The van der Waals surface area contributed by atoms with E-state index in [2.05, 4.69) is 10.3 Å². The summed E-state index contributed by atoms with van der Waals surface area (Å²) in [5.41, 5.74) is 8.59. The van der Waals surface area contributed by atoms with Crippen LogP contribution in [-0.4, -0.2) is 10.9 Å². The number of nitrogen functional groups attached to an aromatic ring is 1. The van der Waals surface area contributed by atoms with Gasteiger partial charge < -0.3 is 11.1 Å². The normalized spacial score (nSPS) is 10.5. The van der Waals surface area contributed by atoms with E-state index in [1.54, 1.807) is 24.5 Å². The van der Waals surface area contributed by atoms with Crippen LogP contribution in [0.4, 0.5) is 11.4 Å². The predicted octanol–water partition coefficient (Wildman–Crippen LogP) is 3.38. The van der Waals surface area contributed by atoms with Gasteiger partial charge in [-0.2, -0.15) is 0 Å². The van der Waals surface area contributed by atoms with E-state index in [1.165, 1.54) is 0 Å². The van der Waals surface area contributed by atoms with Gasteiger partial charge >= 0.3 is 0 Å². The molecule has 0 aliphatic heterocycles. The minimum Gasteiger partial charge on any atom is -0.398 e. The Morgan fingerprint density at radius 1 is 1.19 bits per heavy atom. The number of carbonyl (C=O) groups excluding carboxylic acids is 1. The molecule has 0 bridgehead atoms. The maximum absolute atomic E-state index is 12.4. The minimum absolute atomic E-state index is 0.208. The molecule has 0 atom stereocenters. The number of fused-ring (bicyclic) bond motifs is 1. The van der Waals surface area contributed by atoms with E-state index in [0.29, 0.717) is 11.3 Å². The van der Waals surface area contributed by atoms with Crippen LogP contribution in [0.25, 0.3) is 10.8 Å². The molecule has 4 nitrogen and oxygen atoms in total. The number of carbonyl (C=O) groups is 1. The fourth-order valence-electron chi connectivity index (χ4n) is 2.29. The Labute approximate surface area is 122 Å². The van der Waals surface area contributed by atoms with Crippen molar-refractivity contribution in [1.82, 2.24) is 4.98 Å². The van der Waals surface area contributed by atoms with Crippen molar-refractivity contribution in [2.75, 3.05) is 11.1 Å². The highest BCUT2D eigenvalue weighted by atomic mass is 16.1. The predicted molar refractivity (Wildman–Crippen MR) is 85.3 cm³/mol. The summed E-state index contributed by atoms with van der Waals surface area (Å²) in [6, 6.07) is 13.0. The van der Waals surface area contributed by atoms with Crippen molar-refractivity contribution >= 4 is 28.1 Å². The van der Waals surface area contributed by atoms with E-state index in [-0.39, 0.29) is 5.91 Å². The van der Waals surface area contributed by atoms with E-state index in [9.17, 15) is 4.79 Å². The van der Waals surface area contributed by atoms with Gasteiger partial charge in [0.05, 0.1) is 5.56 Å². The lowest BCUT2D eigenvalue weighted by molar-refractivity contribution is 0.102. The fourth-order valence-corrected chi connectivity index (χ4v) is 2.29. The number of pyridine rings is 1. The van der Waals surface area contributed by atoms with Gasteiger partial charge in [0.15, 0.2) is 0 Å². The highest BCUT2D eigenvalue weighted by molar-refractivity contribution is 6.11. The van der Waals surface area contributed by atoms with Gasteiger partial charge in [0.1, 0.15) is 0 Å². The first-order chi connectivity index (χ1) is 10.1. The number of amides is 1. The van der Waals surface area contributed by atoms with Gasteiger partial charge in [-0.3, -0.25) is 9.78 Å². The molecule has 104 valence electrons. The van der Waals surface area contributed by atoms with E-state index in [4.69, 9.17) is 5.73 Å². The molecule has 0 saturated heterocycles. The monoisotopic (exact) mass is 277 g/mol. The number of hydrogen-bond acceptors (Lipinski definition) is 3. The van der Waals surface area contributed by atoms with Crippen molar-refractivity contribution < 1.29 is 4.79 Å². The van der Waals surface area contributed by atoms with Crippen LogP contribution in [-0.2, 0) is 0 Å². The molecule has 0 spiro atoms. The Balaban J connectivity index is 1.99. The molecule has 2 aromatic carbocycles. The molecule has 0 fully saturated rings. The first-order valence-electron chi connectivity index (χ1n) is 6.65. The van der Waals surface area contributed by atoms with E-state index in [1.807, 2.05) is 37.3 Å². The Morgan fingerprint density at radius 3 is 2.90 bits per heavy atom. The summed E-state index contributed by atoms with van der Waals surface area (Å²) in [4.78, 5) is 16.5. The van der Waals surface area contributed by atoms with Crippen molar-refractivity contribution in [2.45, 2.75) is 6.92 Å². The number of nitrogens with one attached hydrogen (secondary N) is 1. The Kier molecular flexibility index (Phi) is 3.28. The second kappa shape index (κ2) is 5.25. The lowest BCUT2D eigenvalue weighted by Gasteiger charge is -2.10. The standard InChI is InChI=1S/C17H15N3O/c1-11-5-6-15(18)14(9-11)17(21)20-16-4-2-3-12-10-19-8-7-13(12)16/h2-10H,18H2,1H3,(H,20,21). The lowest BCUT2D eigenvalue weighted by atomic mass is 10.1. The number of anilines is 2. The molecule has 0 saturated carbocycles. The molecule has 0 aliphatic carbocycles. The summed E-state index contributed by atoms with van der Waals surface area (Å²) in [6.07, 6.45) is 3.48. The first kappa shape index (κ1) is 13.1. The minimum atomic E-state index is -0.208. The zero-order chi connectivity index (χ0) is 14.8. The summed E-state index contributed by atoms with van der Waals surface area (Å²) in [7, 11) is 0. The van der Waals surface area contributed by atoms with Gasteiger partial charge in [0.2, 0.25) is 0 Å². The number of nitrogens with two attached hydrogens (primary N) is 1. The van der Waals surface area contributed by atoms with Crippen LogP contribution in [0.3, 0.4) is 0 Å². The SMILES string of the molecule is Cc1ccc(N)c(C(=O)Nc2cccc3cnccc23)c1. The molecule has 0 radical (unpaired) electrons. The fraction of sp³-hybridized carbons (Fsp3) is 0.0588. The smallest absolute Gasteiger partial charge is 0.257 e. The van der Waals surface area contributed by atoms with Crippen LogP contribution in [0, 0.1) is 6.92 Å². The van der Waals surface area contributed by atoms with E-state index < -0.39 is 0 Å². The zero-order valence-electron chi connectivity index (χ0n) is 11.6. The molecule has 3 N–H and O–H groups in total. The number of benzene rings is 2. The second-order valence-electron chi connectivity index (χ2n) is 4.95. The third-order valence-corrected chi connectivity index (χ3v) is 3.38. The highest BCUT2D eigenvalue weighted by Gasteiger charge is 2.11. The van der Waals surface area contributed by atoms with Crippen LogP contribution >= 0.6 is 0 Å². The third-order valence-electron chi connectivity index (χ3n) is 3.38. The van der Waals surface area contributed by atoms with Crippen molar-refractivity contribution in [3.63, 3.8) is 0 Å². The Hall–Kier alpha value is -2.88. The van der Waals surface area contributed by atoms with Gasteiger partial charge in [0, 0.05) is 34.5 Å². The third kappa shape index (κ3) is 2.56. The largest absolute Gasteiger partial charge is 0.398 e. The summed E-state index contributed by atoms with van der Waals surface area (Å²) in [5.74, 6) is -0.208. The maximum atomic E-state index is 12.4. The Morgan fingerprint density at radius 2 is 2.05 bits per heavy atom. The topological polar surface area (TPSA) is 68.0 Å². The first-order valence-corrected chi connectivity index (χ1v) is 6.65. The molecule has 3 rings (SSSR count). The van der Waals surface area contributed by atoms with Gasteiger partial charge in [-0.25, -0.2) is 0 Å². The molecule has 3 aromatic rings. The highest BCUT2D eigenvalue weighted by Crippen LogP contribution is 2.23. The van der Waals surface area contributed by atoms with Gasteiger partial charge in [-0.05, 0) is 31.2 Å². The van der Waals surface area contributed by atoms with Crippen LogP contribution in [0.1, 0.15) is 15.9 Å². The maximum Gasteiger partial charge on any atom is 0.257 e. The van der Waals surface area contributed by atoms with Crippen molar-refractivity contribution in [2.24, 2.45) is 0 Å². The second-order valence-corrected chi connectivity index (χ2v) is 4.95. The molecule has 1 heterocycles. The van der Waals surface area contributed by atoms with Gasteiger partial charge in [-0.1, -0.05) is 23.8 Å². The van der Waals surface area contributed by atoms with Gasteiger partial charge in [-0.15, -0.1) is 0 Å². The average Bonchev–Trinajstić information content (AvgIpc) is 2.50. The van der Waals surface area contributed by atoms with Crippen molar-refractivity contribution in [1.29, 1.82) is 0 Å². The van der Waals surface area contributed by atoms with Crippen molar-refractivity contribution in [3.8, 4) is 0 Å². The number of hydrogen-bond donors (Lipinski definition) is 2. The summed E-state index contributed by atoms with van der Waals surface area (Å²) >= 11 is 0. The quantitative estimate of drug-likeness (QED) is 0.706.